The number of amides is 2. The molecule has 3 rings (SSSR count). The molecule has 1 heterocycles. The van der Waals surface area contributed by atoms with Crippen LogP contribution in [0.25, 0.3) is 0 Å². The van der Waals surface area contributed by atoms with Crippen LogP contribution in [-0.2, 0) is 4.79 Å². The number of thiophene rings is 1. The number of carbonyl (C=O) groups is 3. The van der Waals surface area contributed by atoms with E-state index in [0.29, 0.717) is 21.8 Å². The number of rotatable bonds is 7. The van der Waals surface area contributed by atoms with Crippen molar-refractivity contribution in [3.63, 3.8) is 0 Å². The van der Waals surface area contributed by atoms with Crippen molar-refractivity contribution in [3.8, 4) is 0 Å². The lowest BCUT2D eigenvalue weighted by molar-refractivity contribution is -0.114. The monoisotopic (exact) mass is 407 g/mol. The van der Waals surface area contributed by atoms with Gasteiger partial charge in [-0.15, -0.1) is 11.3 Å². The van der Waals surface area contributed by atoms with Crippen LogP contribution in [-0.4, -0.2) is 23.8 Å². The minimum Gasteiger partial charge on any atom is -0.359 e. The zero-order chi connectivity index (χ0) is 20.8. The van der Waals surface area contributed by atoms with E-state index >= 15 is 0 Å². The van der Waals surface area contributed by atoms with Gasteiger partial charge in [-0.05, 0) is 42.6 Å². The molecule has 0 saturated carbocycles. The molecule has 0 spiro atoms. The van der Waals surface area contributed by atoms with Crippen molar-refractivity contribution >= 4 is 40.3 Å². The molecule has 1 aromatic heterocycles. The summed E-state index contributed by atoms with van der Waals surface area (Å²) in [5.41, 5.74) is 2.82. The fraction of sp³-hybridized carbons (Fsp3) is 0.136. The fourth-order valence-electron chi connectivity index (χ4n) is 2.68. The largest absolute Gasteiger partial charge is 0.359 e. The molecule has 0 bridgehead atoms. The van der Waals surface area contributed by atoms with Crippen LogP contribution < -0.4 is 16.0 Å². The van der Waals surface area contributed by atoms with Crippen molar-refractivity contribution in [1.82, 2.24) is 5.32 Å². The lowest BCUT2D eigenvalue weighted by Gasteiger charge is -2.20. The molecule has 3 aromatic rings. The van der Waals surface area contributed by atoms with Crippen LogP contribution in [0.15, 0.2) is 66.0 Å². The summed E-state index contributed by atoms with van der Waals surface area (Å²) in [5, 5.41) is 10.3. The highest BCUT2D eigenvalue weighted by Crippen LogP contribution is 2.16. The normalized spacial score (nSPS) is 11.4. The van der Waals surface area contributed by atoms with Crippen LogP contribution >= 0.6 is 11.3 Å². The second-order valence-electron chi connectivity index (χ2n) is 6.52. The van der Waals surface area contributed by atoms with Gasteiger partial charge >= 0.3 is 0 Å². The van der Waals surface area contributed by atoms with E-state index in [1.165, 1.54) is 18.3 Å². The Labute approximate surface area is 173 Å². The molecule has 2 amide bonds. The number of carbonyl (C=O) groups excluding carboxylic acids is 3. The van der Waals surface area contributed by atoms with Crippen LogP contribution in [0.5, 0.6) is 0 Å². The number of hydrogen-bond donors (Lipinski definition) is 3. The molecule has 3 N–H and O–H groups in total. The molecule has 0 aliphatic rings. The zero-order valence-corrected chi connectivity index (χ0v) is 16.9. The van der Waals surface area contributed by atoms with Crippen molar-refractivity contribution < 1.29 is 14.4 Å². The Morgan fingerprint density at radius 3 is 2.14 bits per heavy atom. The van der Waals surface area contributed by atoms with Gasteiger partial charge in [0.25, 0.3) is 5.91 Å². The summed E-state index contributed by atoms with van der Waals surface area (Å²) < 4.78 is 0. The summed E-state index contributed by atoms with van der Waals surface area (Å²) >= 11 is 1.31. The molecule has 148 valence electrons. The maximum Gasteiger partial charge on any atom is 0.263 e. The third kappa shape index (κ3) is 5.52. The number of anilines is 2. The molecule has 0 aliphatic carbocycles. The van der Waals surface area contributed by atoms with E-state index < -0.39 is 6.17 Å². The van der Waals surface area contributed by atoms with Crippen molar-refractivity contribution in [2.24, 2.45) is 0 Å². The summed E-state index contributed by atoms with van der Waals surface area (Å²) in [6.07, 6.45) is -0.945. The topological polar surface area (TPSA) is 87.3 Å². The molecular formula is C22H21N3O3S. The van der Waals surface area contributed by atoms with E-state index in [9.17, 15) is 14.4 Å². The van der Waals surface area contributed by atoms with Gasteiger partial charge in [0.1, 0.15) is 0 Å². The van der Waals surface area contributed by atoms with E-state index in [1.807, 2.05) is 19.1 Å². The van der Waals surface area contributed by atoms with Gasteiger partial charge in [-0.3, -0.25) is 14.4 Å². The highest BCUT2D eigenvalue weighted by molar-refractivity contribution is 7.12. The van der Waals surface area contributed by atoms with Crippen LogP contribution in [0.2, 0.25) is 0 Å². The van der Waals surface area contributed by atoms with Gasteiger partial charge in [0.05, 0.1) is 4.88 Å². The Morgan fingerprint density at radius 1 is 0.897 bits per heavy atom. The molecule has 0 radical (unpaired) electrons. The number of Topliss-reactive ketones (excluding diaryl/α,β-unsaturated/α-hetero) is 1. The maximum absolute atomic E-state index is 13.0. The Hall–Kier alpha value is -3.45. The first kappa shape index (κ1) is 20.3. The Bertz CT molecular complexity index is 997. The van der Waals surface area contributed by atoms with Gasteiger partial charge in [0.15, 0.2) is 6.17 Å². The van der Waals surface area contributed by atoms with E-state index in [1.54, 1.807) is 53.9 Å². The highest BCUT2D eigenvalue weighted by atomic mass is 32.1. The Kier molecular flexibility index (Phi) is 6.41. The van der Waals surface area contributed by atoms with Crippen molar-refractivity contribution in [2.75, 3.05) is 10.6 Å². The minimum absolute atomic E-state index is 0.165. The van der Waals surface area contributed by atoms with Crippen molar-refractivity contribution in [1.29, 1.82) is 0 Å². The summed E-state index contributed by atoms with van der Waals surface area (Å²) in [4.78, 5) is 37.3. The van der Waals surface area contributed by atoms with Gasteiger partial charge in [0.2, 0.25) is 11.7 Å². The minimum atomic E-state index is -0.945. The third-order valence-electron chi connectivity index (χ3n) is 4.13. The third-order valence-corrected chi connectivity index (χ3v) is 5.00. The van der Waals surface area contributed by atoms with E-state index in [4.69, 9.17) is 0 Å². The summed E-state index contributed by atoms with van der Waals surface area (Å²) in [6, 6.07) is 17.6. The molecule has 29 heavy (non-hydrogen) atoms. The molecule has 0 fully saturated rings. The van der Waals surface area contributed by atoms with Crippen LogP contribution in [0.1, 0.15) is 32.5 Å². The average Bonchev–Trinajstić information content (AvgIpc) is 3.23. The van der Waals surface area contributed by atoms with Crippen molar-refractivity contribution in [3.05, 3.63) is 82.0 Å². The second kappa shape index (κ2) is 9.16. The summed E-state index contributed by atoms with van der Waals surface area (Å²) in [6.45, 7) is 3.38. The fourth-order valence-corrected chi connectivity index (χ4v) is 3.31. The lowest BCUT2D eigenvalue weighted by Crippen LogP contribution is -2.46. The maximum atomic E-state index is 13.0. The molecule has 0 aliphatic heterocycles. The van der Waals surface area contributed by atoms with E-state index in [-0.39, 0.29) is 17.6 Å². The molecule has 7 heteroatoms. The van der Waals surface area contributed by atoms with Gasteiger partial charge < -0.3 is 16.0 Å². The number of nitrogens with one attached hydrogen (secondary N) is 3. The number of aryl methyl sites for hydroxylation is 1. The van der Waals surface area contributed by atoms with E-state index in [0.717, 1.165) is 5.56 Å². The Morgan fingerprint density at radius 2 is 1.55 bits per heavy atom. The first-order valence-electron chi connectivity index (χ1n) is 9.02. The molecule has 6 nitrogen and oxygen atoms in total. The van der Waals surface area contributed by atoms with Crippen LogP contribution in [0, 0.1) is 6.92 Å². The zero-order valence-electron chi connectivity index (χ0n) is 16.1. The summed E-state index contributed by atoms with van der Waals surface area (Å²) in [7, 11) is 0. The molecule has 0 saturated heterocycles. The number of benzene rings is 2. The molecular weight excluding hydrogens is 386 g/mol. The quantitative estimate of drug-likeness (QED) is 0.407. The van der Waals surface area contributed by atoms with Gasteiger partial charge in [0, 0.05) is 23.9 Å². The van der Waals surface area contributed by atoms with Gasteiger partial charge in [-0.2, -0.15) is 0 Å². The SMILES string of the molecule is CC(=O)Nc1ccc(N[C@H](NC(=O)c2cccs2)C(=O)c2ccc(C)cc2)cc1. The number of ketones is 1. The first-order valence-corrected chi connectivity index (χ1v) is 9.90. The molecule has 1 atom stereocenters. The van der Waals surface area contributed by atoms with Gasteiger partial charge in [-0.25, -0.2) is 0 Å². The predicted octanol–water partition coefficient (Wildman–Crippen LogP) is 4.07. The average molecular weight is 407 g/mol. The predicted molar refractivity (Wildman–Crippen MR) is 115 cm³/mol. The number of hydrogen-bond acceptors (Lipinski definition) is 5. The standard InChI is InChI=1S/C22H21N3O3S/c1-14-5-7-16(8-6-14)20(27)21(25-22(28)19-4-3-13-29-19)24-18-11-9-17(10-12-18)23-15(2)26/h3-13,21,24H,1-2H3,(H,23,26)(H,25,28)/t21-/m1/s1. The molecule has 0 unspecified atom stereocenters. The van der Waals surface area contributed by atoms with Crippen LogP contribution in [0.3, 0.4) is 0 Å². The lowest BCUT2D eigenvalue weighted by atomic mass is 10.1. The van der Waals surface area contributed by atoms with E-state index in [2.05, 4.69) is 16.0 Å². The van der Waals surface area contributed by atoms with Crippen molar-refractivity contribution in [2.45, 2.75) is 20.0 Å². The van der Waals surface area contributed by atoms with Crippen LogP contribution in [0.4, 0.5) is 11.4 Å². The second-order valence-corrected chi connectivity index (χ2v) is 7.46. The van der Waals surface area contributed by atoms with Gasteiger partial charge in [-0.1, -0.05) is 35.9 Å². The highest BCUT2D eigenvalue weighted by Gasteiger charge is 2.23. The Balaban J connectivity index is 1.81. The molecule has 2 aromatic carbocycles. The summed E-state index contributed by atoms with van der Waals surface area (Å²) in [5.74, 6) is -0.741. The smallest absolute Gasteiger partial charge is 0.263 e. The first-order chi connectivity index (χ1) is 13.9.